The number of ether oxygens (including phenoxy) is 1. The van der Waals surface area contributed by atoms with Gasteiger partial charge in [-0.2, -0.15) is 0 Å². The second-order valence-electron chi connectivity index (χ2n) is 4.22. The molecule has 0 amide bonds. The zero-order valence-corrected chi connectivity index (χ0v) is 11.1. The van der Waals surface area contributed by atoms with Crippen LogP contribution >= 0.6 is 0 Å². The zero-order chi connectivity index (χ0) is 13.0. The van der Waals surface area contributed by atoms with Gasteiger partial charge in [0.15, 0.2) is 0 Å². The summed E-state index contributed by atoms with van der Waals surface area (Å²) >= 11 is 0. The monoisotopic (exact) mass is 238 g/mol. The number of benzene rings is 2. The Balaban J connectivity index is 2.69. The fourth-order valence-corrected chi connectivity index (χ4v) is 2.24. The number of allylic oxidation sites excluding steroid dienone is 1. The van der Waals surface area contributed by atoms with Gasteiger partial charge in [0.2, 0.25) is 0 Å². The van der Waals surface area contributed by atoms with Gasteiger partial charge in [0.05, 0.1) is 7.11 Å². The minimum atomic E-state index is 0.933. The van der Waals surface area contributed by atoms with Crippen molar-refractivity contribution in [2.75, 3.05) is 7.11 Å². The van der Waals surface area contributed by atoms with Crippen molar-refractivity contribution in [1.82, 2.24) is 0 Å². The average molecular weight is 238 g/mol. The predicted molar refractivity (Wildman–Crippen MR) is 77.9 cm³/mol. The maximum absolute atomic E-state index is 5.42. The van der Waals surface area contributed by atoms with E-state index < -0.39 is 0 Å². The third-order valence-electron chi connectivity index (χ3n) is 3.08. The number of rotatable bonds is 3. The second-order valence-corrected chi connectivity index (χ2v) is 4.22. The molecule has 1 heteroatoms. The number of hydrogen-bond donors (Lipinski definition) is 0. The molecule has 0 aliphatic heterocycles. The Morgan fingerprint density at radius 2 is 1.72 bits per heavy atom. The quantitative estimate of drug-likeness (QED) is 0.752. The minimum absolute atomic E-state index is 0.933. The lowest BCUT2D eigenvalue weighted by Crippen LogP contribution is -1.93. The van der Waals surface area contributed by atoms with Gasteiger partial charge in [0.25, 0.3) is 0 Å². The topological polar surface area (TPSA) is 9.23 Å². The van der Waals surface area contributed by atoms with Gasteiger partial charge in [-0.25, -0.2) is 0 Å². The van der Waals surface area contributed by atoms with E-state index in [-0.39, 0.29) is 0 Å². The third kappa shape index (κ3) is 2.30. The molecule has 0 bridgehead atoms. The Kier molecular flexibility index (Phi) is 3.83. The van der Waals surface area contributed by atoms with E-state index in [2.05, 4.69) is 49.4 Å². The summed E-state index contributed by atoms with van der Waals surface area (Å²) in [5.41, 5.74) is 4.87. The molecule has 0 atom stereocenters. The second kappa shape index (κ2) is 5.54. The van der Waals surface area contributed by atoms with E-state index in [9.17, 15) is 0 Å². The lowest BCUT2D eigenvalue weighted by Gasteiger charge is -2.14. The Labute approximate surface area is 109 Å². The molecule has 0 heterocycles. The molecule has 2 aromatic rings. The maximum atomic E-state index is 5.42. The van der Waals surface area contributed by atoms with Gasteiger partial charge in [-0.15, -0.1) is 0 Å². The first-order chi connectivity index (χ1) is 8.77. The van der Waals surface area contributed by atoms with E-state index in [1.807, 2.05) is 19.1 Å². The normalized spacial score (nSPS) is 10.8. The smallest absolute Gasteiger partial charge is 0.122 e. The van der Waals surface area contributed by atoms with Crippen molar-refractivity contribution < 1.29 is 4.74 Å². The van der Waals surface area contributed by atoms with E-state index in [0.29, 0.717) is 0 Å². The summed E-state index contributed by atoms with van der Waals surface area (Å²) in [5, 5.41) is 0. The summed E-state index contributed by atoms with van der Waals surface area (Å²) in [6, 6.07) is 14.6. The molecule has 0 saturated heterocycles. The van der Waals surface area contributed by atoms with Crippen molar-refractivity contribution in [3.05, 3.63) is 59.7 Å². The number of hydrogen-bond acceptors (Lipinski definition) is 1. The van der Waals surface area contributed by atoms with Crippen LogP contribution in [0, 0.1) is 6.92 Å². The van der Waals surface area contributed by atoms with Crippen LogP contribution in [0.2, 0.25) is 0 Å². The molecule has 0 unspecified atom stereocenters. The molecule has 1 nitrogen and oxygen atoms in total. The third-order valence-corrected chi connectivity index (χ3v) is 3.08. The van der Waals surface area contributed by atoms with Gasteiger partial charge in [0.1, 0.15) is 5.75 Å². The Hall–Kier alpha value is -2.02. The highest BCUT2D eigenvalue weighted by atomic mass is 16.5. The molecule has 18 heavy (non-hydrogen) atoms. The highest BCUT2D eigenvalue weighted by Gasteiger charge is 2.10. The first kappa shape index (κ1) is 12.4. The van der Waals surface area contributed by atoms with E-state index in [0.717, 1.165) is 5.75 Å². The van der Waals surface area contributed by atoms with Crippen molar-refractivity contribution in [1.29, 1.82) is 0 Å². The van der Waals surface area contributed by atoms with Crippen LogP contribution in [0.25, 0.3) is 17.2 Å². The van der Waals surface area contributed by atoms with E-state index in [4.69, 9.17) is 4.74 Å². The summed E-state index contributed by atoms with van der Waals surface area (Å²) in [6.07, 6.45) is 4.20. The largest absolute Gasteiger partial charge is 0.496 e. The van der Waals surface area contributed by atoms with Crippen molar-refractivity contribution in [2.45, 2.75) is 13.8 Å². The highest BCUT2D eigenvalue weighted by Crippen LogP contribution is 2.33. The van der Waals surface area contributed by atoms with Gasteiger partial charge in [-0.3, -0.25) is 0 Å². The summed E-state index contributed by atoms with van der Waals surface area (Å²) in [5.74, 6) is 0.933. The Morgan fingerprint density at radius 1 is 1.00 bits per heavy atom. The van der Waals surface area contributed by atoms with Crippen molar-refractivity contribution in [2.24, 2.45) is 0 Å². The van der Waals surface area contributed by atoms with Crippen LogP contribution in [0.1, 0.15) is 18.1 Å². The molecule has 92 valence electrons. The van der Waals surface area contributed by atoms with Crippen molar-refractivity contribution >= 4 is 6.08 Å². The van der Waals surface area contributed by atoms with E-state index >= 15 is 0 Å². The molecule has 0 aliphatic carbocycles. The molecule has 0 radical (unpaired) electrons. The van der Waals surface area contributed by atoms with E-state index in [1.54, 1.807) is 7.11 Å². The molecule has 0 fully saturated rings. The van der Waals surface area contributed by atoms with Gasteiger partial charge in [0, 0.05) is 0 Å². The molecule has 2 aromatic carbocycles. The Bertz CT molecular complexity index is 553. The van der Waals surface area contributed by atoms with E-state index in [1.165, 1.54) is 22.3 Å². The van der Waals surface area contributed by atoms with Crippen molar-refractivity contribution in [3.8, 4) is 16.9 Å². The van der Waals surface area contributed by atoms with Gasteiger partial charge in [-0.05, 0) is 42.2 Å². The Morgan fingerprint density at radius 3 is 2.33 bits per heavy atom. The van der Waals surface area contributed by atoms with Crippen LogP contribution in [0.5, 0.6) is 5.75 Å². The molecule has 0 spiro atoms. The van der Waals surface area contributed by atoms with Crippen LogP contribution in [-0.2, 0) is 0 Å². The highest BCUT2D eigenvalue weighted by molar-refractivity contribution is 5.79. The molecular formula is C17H18O. The van der Waals surface area contributed by atoms with Crippen LogP contribution in [-0.4, -0.2) is 7.11 Å². The SMILES string of the molecule is CC=Cc1ccc(OC)c(C)c1-c1ccccc1. The molecule has 0 saturated carbocycles. The summed E-state index contributed by atoms with van der Waals surface area (Å²) in [7, 11) is 1.71. The molecule has 0 N–H and O–H groups in total. The molecule has 0 aromatic heterocycles. The minimum Gasteiger partial charge on any atom is -0.496 e. The standard InChI is InChI=1S/C17H18O/c1-4-8-14-11-12-16(18-3)13(2)17(14)15-9-6-5-7-10-15/h4-12H,1-3H3. The first-order valence-electron chi connectivity index (χ1n) is 6.13. The van der Waals surface area contributed by atoms with Gasteiger partial charge in [-0.1, -0.05) is 48.6 Å². The van der Waals surface area contributed by atoms with Gasteiger partial charge >= 0.3 is 0 Å². The number of methoxy groups -OCH3 is 1. The lowest BCUT2D eigenvalue weighted by molar-refractivity contribution is 0.412. The molecular weight excluding hydrogens is 220 g/mol. The first-order valence-corrected chi connectivity index (χ1v) is 6.13. The fourth-order valence-electron chi connectivity index (χ4n) is 2.24. The predicted octanol–water partition coefficient (Wildman–Crippen LogP) is 4.70. The average Bonchev–Trinajstić information content (AvgIpc) is 2.40. The molecule has 0 aliphatic rings. The van der Waals surface area contributed by atoms with Gasteiger partial charge < -0.3 is 4.74 Å². The van der Waals surface area contributed by atoms with Crippen LogP contribution in [0.4, 0.5) is 0 Å². The fraction of sp³-hybridized carbons (Fsp3) is 0.176. The summed E-state index contributed by atoms with van der Waals surface area (Å²) in [4.78, 5) is 0. The zero-order valence-electron chi connectivity index (χ0n) is 11.1. The van der Waals surface area contributed by atoms with Crippen LogP contribution in [0.3, 0.4) is 0 Å². The van der Waals surface area contributed by atoms with Crippen molar-refractivity contribution in [3.63, 3.8) is 0 Å². The maximum Gasteiger partial charge on any atom is 0.122 e. The summed E-state index contributed by atoms with van der Waals surface area (Å²) < 4.78 is 5.42. The van der Waals surface area contributed by atoms with Crippen LogP contribution in [0.15, 0.2) is 48.5 Å². The van der Waals surface area contributed by atoms with Crippen LogP contribution < -0.4 is 4.74 Å². The summed E-state index contributed by atoms with van der Waals surface area (Å²) in [6.45, 7) is 4.14. The lowest BCUT2D eigenvalue weighted by atomic mass is 9.94. The molecule has 2 rings (SSSR count).